The molecule has 7 heteroatoms. The highest BCUT2D eigenvalue weighted by atomic mass is 32.1. The molecule has 0 aliphatic heterocycles. The van der Waals surface area contributed by atoms with Gasteiger partial charge in [0.05, 0.1) is 5.69 Å². The first kappa shape index (κ1) is 19.7. The summed E-state index contributed by atoms with van der Waals surface area (Å²) in [4.78, 5) is 21.8. The summed E-state index contributed by atoms with van der Waals surface area (Å²) in [6, 6.07) is 0. The molecule has 1 aromatic rings. The Hall–Kier alpha value is -1.63. The van der Waals surface area contributed by atoms with Crippen LogP contribution >= 0.6 is 11.3 Å². The van der Waals surface area contributed by atoms with E-state index in [-0.39, 0.29) is 11.9 Å². The van der Waals surface area contributed by atoms with Gasteiger partial charge in [0.2, 0.25) is 5.91 Å². The normalized spacial score (nSPS) is 17.4. The number of nitrogens with one attached hydrogen (secondary N) is 1. The Morgan fingerprint density at radius 2 is 2.12 bits per heavy atom. The van der Waals surface area contributed by atoms with Gasteiger partial charge in [0.15, 0.2) is 11.1 Å². The van der Waals surface area contributed by atoms with Crippen LogP contribution in [0.15, 0.2) is 4.99 Å². The number of thiazole rings is 1. The quantitative estimate of drug-likeness (QED) is 0.392. The van der Waals surface area contributed by atoms with E-state index in [2.05, 4.69) is 22.2 Å². The molecule has 0 unspecified atom stereocenters. The highest BCUT2D eigenvalue weighted by molar-refractivity contribution is 7.15. The van der Waals surface area contributed by atoms with Crippen molar-refractivity contribution >= 4 is 28.3 Å². The van der Waals surface area contributed by atoms with E-state index in [0.29, 0.717) is 29.9 Å². The number of guanidine groups is 1. The number of rotatable bonds is 7. The third-order valence-corrected chi connectivity index (χ3v) is 6.03. The zero-order chi connectivity index (χ0) is 18.2. The first-order valence-corrected chi connectivity index (χ1v) is 10.1. The standard InChI is InChI=1S/C18H31N5OS/c1-12(14-7-4-3-5-8-14)11-16(24)23-17(19)21-10-6-9-15-13(2)22-18(20)25-15/h12,14H,3-11H2,1-2H3,(H2,20,22)(H3,19,21,23,24)/t12-/m1/s1. The van der Waals surface area contributed by atoms with Gasteiger partial charge in [-0.05, 0) is 31.6 Å². The minimum Gasteiger partial charge on any atom is -0.375 e. The van der Waals surface area contributed by atoms with E-state index in [1.54, 1.807) is 0 Å². The zero-order valence-corrected chi connectivity index (χ0v) is 16.2. The summed E-state index contributed by atoms with van der Waals surface area (Å²) in [7, 11) is 0. The Bertz CT molecular complexity index is 592. The smallest absolute Gasteiger partial charge is 0.226 e. The minimum atomic E-state index is -0.0228. The van der Waals surface area contributed by atoms with Crippen LogP contribution < -0.4 is 16.8 Å². The molecule has 1 aliphatic carbocycles. The van der Waals surface area contributed by atoms with Crippen molar-refractivity contribution in [1.29, 1.82) is 0 Å². The lowest BCUT2D eigenvalue weighted by molar-refractivity contribution is -0.121. The van der Waals surface area contributed by atoms with E-state index in [0.717, 1.165) is 18.5 Å². The van der Waals surface area contributed by atoms with Gasteiger partial charge < -0.3 is 11.5 Å². The molecule has 1 aliphatic rings. The van der Waals surface area contributed by atoms with E-state index < -0.39 is 0 Å². The van der Waals surface area contributed by atoms with E-state index in [9.17, 15) is 4.79 Å². The first-order chi connectivity index (χ1) is 12.0. The SMILES string of the molecule is Cc1nc(N)sc1CCCN=C(N)NC(=O)C[C@@H](C)C1CCCCC1. The predicted octanol–water partition coefficient (Wildman–Crippen LogP) is 3.00. The van der Waals surface area contributed by atoms with Crippen molar-refractivity contribution in [2.75, 3.05) is 12.3 Å². The molecular formula is C18H31N5OS. The van der Waals surface area contributed by atoms with Crippen molar-refractivity contribution in [3.8, 4) is 0 Å². The fourth-order valence-electron chi connectivity index (χ4n) is 3.52. The van der Waals surface area contributed by atoms with Gasteiger partial charge in [-0.3, -0.25) is 15.1 Å². The zero-order valence-electron chi connectivity index (χ0n) is 15.4. The number of nitrogens with two attached hydrogens (primary N) is 2. The lowest BCUT2D eigenvalue weighted by Gasteiger charge is -2.27. The van der Waals surface area contributed by atoms with Crippen LogP contribution in [0.3, 0.4) is 0 Å². The summed E-state index contributed by atoms with van der Waals surface area (Å²) in [5.74, 6) is 1.28. The first-order valence-electron chi connectivity index (χ1n) is 9.27. The molecule has 0 saturated heterocycles. The third-order valence-electron chi connectivity index (χ3n) is 4.98. The average molecular weight is 366 g/mol. The molecule has 0 radical (unpaired) electrons. The largest absolute Gasteiger partial charge is 0.375 e. The van der Waals surface area contributed by atoms with Crippen molar-refractivity contribution in [1.82, 2.24) is 10.3 Å². The summed E-state index contributed by atoms with van der Waals surface area (Å²) >= 11 is 1.52. The Morgan fingerprint density at radius 1 is 1.40 bits per heavy atom. The topological polar surface area (TPSA) is 106 Å². The molecule has 1 fully saturated rings. The van der Waals surface area contributed by atoms with Crippen LogP contribution in [0.1, 0.15) is 62.4 Å². The summed E-state index contributed by atoms with van der Waals surface area (Å²) in [6.07, 6.45) is 8.69. The highest BCUT2D eigenvalue weighted by Crippen LogP contribution is 2.31. The van der Waals surface area contributed by atoms with Crippen LogP contribution in [0.5, 0.6) is 0 Å². The Balaban J connectivity index is 1.67. The number of nitrogen functional groups attached to an aromatic ring is 1. The van der Waals surface area contributed by atoms with Crippen molar-refractivity contribution in [3.63, 3.8) is 0 Å². The molecule has 0 spiro atoms. The molecule has 0 aromatic carbocycles. The van der Waals surface area contributed by atoms with Gasteiger partial charge in [-0.15, -0.1) is 11.3 Å². The molecular weight excluding hydrogens is 334 g/mol. The number of aromatic nitrogens is 1. The monoisotopic (exact) mass is 365 g/mol. The van der Waals surface area contributed by atoms with E-state index in [1.165, 1.54) is 48.3 Å². The van der Waals surface area contributed by atoms with Gasteiger partial charge in [-0.25, -0.2) is 4.98 Å². The molecule has 140 valence electrons. The Morgan fingerprint density at radius 3 is 2.76 bits per heavy atom. The van der Waals surface area contributed by atoms with Crippen LogP contribution in [-0.4, -0.2) is 23.4 Å². The van der Waals surface area contributed by atoms with Gasteiger partial charge in [0.25, 0.3) is 0 Å². The molecule has 1 heterocycles. The molecule has 1 atom stereocenters. The lowest BCUT2D eigenvalue weighted by atomic mass is 9.79. The number of aryl methyl sites for hydroxylation is 2. The number of hydrogen-bond acceptors (Lipinski definition) is 5. The number of hydrogen-bond donors (Lipinski definition) is 3. The van der Waals surface area contributed by atoms with Gasteiger partial charge >= 0.3 is 0 Å². The maximum Gasteiger partial charge on any atom is 0.226 e. The number of anilines is 1. The fourth-order valence-corrected chi connectivity index (χ4v) is 4.39. The second kappa shape index (κ2) is 9.75. The number of aliphatic imine (C=N–C) groups is 1. The summed E-state index contributed by atoms with van der Waals surface area (Å²) < 4.78 is 0. The maximum atomic E-state index is 12.1. The van der Waals surface area contributed by atoms with Crippen LogP contribution in [0.25, 0.3) is 0 Å². The maximum absolute atomic E-state index is 12.1. The minimum absolute atomic E-state index is 0.0228. The molecule has 25 heavy (non-hydrogen) atoms. The second-order valence-corrected chi connectivity index (χ2v) is 8.17. The van der Waals surface area contributed by atoms with Crippen LogP contribution in [0, 0.1) is 18.8 Å². The average Bonchev–Trinajstić information content (AvgIpc) is 2.89. The van der Waals surface area contributed by atoms with Crippen molar-refractivity contribution < 1.29 is 4.79 Å². The lowest BCUT2D eigenvalue weighted by Crippen LogP contribution is -2.38. The van der Waals surface area contributed by atoms with Gasteiger partial charge in [-0.1, -0.05) is 39.0 Å². The molecule has 0 bridgehead atoms. The Labute approximate surface area is 154 Å². The van der Waals surface area contributed by atoms with Crippen molar-refractivity contribution in [3.05, 3.63) is 10.6 Å². The predicted molar refractivity (Wildman–Crippen MR) is 105 cm³/mol. The number of carbonyl (C=O) groups excluding carboxylic acids is 1. The van der Waals surface area contributed by atoms with E-state index in [1.807, 2.05) is 6.92 Å². The Kier molecular flexibility index (Phi) is 7.68. The fraction of sp³-hybridized carbons (Fsp3) is 0.722. The van der Waals surface area contributed by atoms with E-state index >= 15 is 0 Å². The van der Waals surface area contributed by atoms with Crippen LogP contribution in [-0.2, 0) is 11.2 Å². The van der Waals surface area contributed by atoms with Gasteiger partial charge in [0.1, 0.15) is 0 Å². The molecule has 6 nitrogen and oxygen atoms in total. The number of nitrogens with zero attached hydrogens (tertiary/aromatic N) is 2. The van der Waals surface area contributed by atoms with Crippen LogP contribution in [0.4, 0.5) is 5.13 Å². The molecule has 1 saturated carbocycles. The highest BCUT2D eigenvalue weighted by Gasteiger charge is 2.22. The molecule has 2 rings (SSSR count). The van der Waals surface area contributed by atoms with E-state index in [4.69, 9.17) is 11.5 Å². The number of carbonyl (C=O) groups is 1. The van der Waals surface area contributed by atoms with Crippen molar-refractivity contribution in [2.24, 2.45) is 22.6 Å². The third kappa shape index (κ3) is 6.65. The van der Waals surface area contributed by atoms with Crippen LogP contribution in [0.2, 0.25) is 0 Å². The molecule has 1 aromatic heterocycles. The van der Waals surface area contributed by atoms with Gasteiger partial charge in [0, 0.05) is 17.8 Å². The molecule has 5 N–H and O–H groups in total. The summed E-state index contributed by atoms with van der Waals surface area (Å²) in [5.41, 5.74) is 12.5. The summed E-state index contributed by atoms with van der Waals surface area (Å²) in [6.45, 7) is 4.72. The number of amides is 1. The summed E-state index contributed by atoms with van der Waals surface area (Å²) in [5, 5.41) is 3.33. The molecule has 1 amide bonds. The van der Waals surface area contributed by atoms with Crippen molar-refractivity contribution in [2.45, 2.75) is 65.2 Å². The van der Waals surface area contributed by atoms with Gasteiger partial charge in [-0.2, -0.15) is 0 Å². The second-order valence-electron chi connectivity index (χ2n) is 7.06.